The normalized spacial score (nSPS) is 13.0. The number of hydrogen-bond donors (Lipinski definition) is 0. The summed E-state index contributed by atoms with van der Waals surface area (Å²) in [5.74, 6) is -0.560. The van der Waals surface area contributed by atoms with Crippen molar-refractivity contribution in [2.75, 3.05) is 172 Å². The lowest BCUT2D eigenvalue weighted by Gasteiger charge is -2.43. The van der Waals surface area contributed by atoms with Crippen LogP contribution < -0.4 is 10.4 Å². The van der Waals surface area contributed by atoms with Gasteiger partial charge in [-0.2, -0.15) is 0 Å². The number of rotatable bonds is 42. The van der Waals surface area contributed by atoms with E-state index >= 15 is 0 Å². The number of amides is 2. The van der Waals surface area contributed by atoms with Crippen LogP contribution in [0.4, 0.5) is 0 Å². The van der Waals surface area contributed by atoms with E-state index in [4.69, 9.17) is 61.3 Å². The van der Waals surface area contributed by atoms with Crippen molar-refractivity contribution in [2.45, 2.75) is 25.8 Å². The number of imide groups is 1. The number of carbonyl (C=O) groups is 2. The second kappa shape index (κ2) is 34.7. The summed E-state index contributed by atoms with van der Waals surface area (Å²) in [5, 5.41) is 2.46. The van der Waals surface area contributed by atoms with Crippen LogP contribution in [0.25, 0.3) is 0 Å². The molecule has 3 aromatic carbocycles. The third-order valence-electron chi connectivity index (χ3n) is 10.4. The van der Waals surface area contributed by atoms with E-state index in [2.05, 4.69) is 81.4 Å². The Bertz CT molecular complexity index is 1640. The molecule has 0 spiro atoms. The molecule has 0 aromatic heterocycles. The highest BCUT2D eigenvalue weighted by Crippen LogP contribution is 2.36. The summed E-state index contributed by atoms with van der Waals surface area (Å²) in [6, 6.07) is 28.1. The van der Waals surface area contributed by atoms with Gasteiger partial charge in [-0.15, -0.1) is 0 Å². The largest absolute Gasteiger partial charge is 0.405 e. The Kier molecular flexibility index (Phi) is 29.1. The summed E-state index contributed by atoms with van der Waals surface area (Å²) >= 11 is 0. The molecular formula is C50H75NO15Si. The molecule has 0 unspecified atom stereocenters. The Labute approximate surface area is 398 Å². The molecule has 0 saturated heterocycles. The van der Waals surface area contributed by atoms with Crippen molar-refractivity contribution >= 4 is 30.5 Å². The maximum Gasteiger partial charge on any atom is 0.261 e. The van der Waals surface area contributed by atoms with Gasteiger partial charge < -0.3 is 61.3 Å². The number of fused-ring (bicyclic) bond motifs is 1. The predicted octanol–water partition coefficient (Wildman–Crippen LogP) is 4.06. The highest BCUT2D eigenvalue weighted by atomic mass is 28.4. The van der Waals surface area contributed by atoms with Gasteiger partial charge in [0.15, 0.2) is 0 Å². The Balaban J connectivity index is 0.793. The van der Waals surface area contributed by atoms with Crippen LogP contribution in [0.5, 0.6) is 0 Å². The van der Waals surface area contributed by atoms with Crippen LogP contribution in [0.2, 0.25) is 5.04 Å². The van der Waals surface area contributed by atoms with Gasteiger partial charge >= 0.3 is 0 Å². The second-order valence-corrected chi connectivity index (χ2v) is 20.5. The molecule has 0 atom stereocenters. The van der Waals surface area contributed by atoms with Crippen molar-refractivity contribution in [3.8, 4) is 0 Å². The number of benzene rings is 3. The summed E-state index contributed by atoms with van der Waals surface area (Å²) in [6.45, 7) is 18.6. The van der Waals surface area contributed by atoms with Crippen LogP contribution in [0.1, 0.15) is 41.5 Å². The average Bonchev–Trinajstić information content (AvgIpc) is 3.58. The molecule has 1 aliphatic heterocycles. The first-order chi connectivity index (χ1) is 32.9. The molecule has 1 heterocycles. The Morgan fingerprint density at radius 2 is 0.582 bits per heavy atom. The summed E-state index contributed by atoms with van der Waals surface area (Å²) in [6.07, 6.45) is 0. The van der Waals surface area contributed by atoms with Crippen molar-refractivity contribution in [3.63, 3.8) is 0 Å². The van der Waals surface area contributed by atoms with Crippen LogP contribution in [0.3, 0.4) is 0 Å². The lowest BCUT2D eigenvalue weighted by Crippen LogP contribution is -2.66. The van der Waals surface area contributed by atoms with Crippen molar-refractivity contribution in [3.05, 3.63) is 96.1 Å². The van der Waals surface area contributed by atoms with Crippen molar-refractivity contribution in [2.24, 2.45) is 0 Å². The minimum Gasteiger partial charge on any atom is -0.405 e. The third kappa shape index (κ3) is 21.4. The molecule has 374 valence electrons. The van der Waals surface area contributed by atoms with E-state index in [1.807, 2.05) is 0 Å². The fourth-order valence-corrected chi connectivity index (χ4v) is 11.7. The zero-order valence-corrected chi connectivity index (χ0v) is 41.0. The van der Waals surface area contributed by atoms with E-state index in [0.717, 1.165) is 0 Å². The van der Waals surface area contributed by atoms with E-state index in [1.54, 1.807) is 24.3 Å². The summed E-state index contributed by atoms with van der Waals surface area (Å²) in [7, 11) is -2.55. The maximum atomic E-state index is 12.3. The zero-order valence-electron chi connectivity index (χ0n) is 40.0. The first-order valence-corrected chi connectivity index (χ1v) is 25.4. The van der Waals surface area contributed by atoms with Gasteiger partial charge in [0, 0.05) is 0 Å². The average molecular weight is 958 g/mol. The molecule has 0 radical (unpaired) electrons. The first kappa shape index (κ1) is 56.1. The highest BCUT2D eigenvalue weighted by Gasteiger charge is 2.50. The van der Waals surface area contributed by atoms with Crippen LogP contribution in [-0.2, 0) is 61.3 Å². The molecule has 0 N–H and O–H groups in total. The fourth-order valence-electron chi connectivity index (χ4n) is 7.13. The molecule has 0 fully saturated rings. The molecule has 17 heteroatoms. The predicted molar refractivity (Wildman–Crippen MR) is 255 cm³/mol. The molecule has 0 aliphatic carbocycles. The van der Waals surface area contributed by atoms with Gasteiger partial charge in [-0.1, -0.05) is 93.6 Å². The first-order valence-electron chi connectivity index (χ1n) is 23.5. The van der Waals surface area contributed by atoms with Gasteiger partial charge in [-0.25, -0.2) is 0 Å². The molecule has 3 aromatic rings. The molecule has 0 bridgehead atoms. The number of ether oxygens (including phenoxy) is 12. The van der Waals surface area contributed by atoms with Gasteiger partial charge in [-0.3, -0.25) is 14.5 Å². The second-order valence-electron chi connectivity index (χ2n) is 16.2. The highest BCUT2D eigenvalue weighted by molar-refractivity contribution is 6.99. The van der Waals surface area contributed by atoms with Crippen molar-refractivity contribution < 1.29 is 70.9 Å². The number of nitrogens with zero attached hydrogens (tertiary/aromatic N) is 1. The fraction of sp³-hybridized carbons (Fsp3) is 0.600. The summed E-state index contributed by atoms with van der Waals surface area (Å²) in [4.78, 5) is 25.9. The Hall–Kier alpha value is -3.50. The smallest absolute Gasteiger partial charge is 0.261 e. The lowest BCUT2D eigenvalue weighted by molar-refractivity contribution is -0.0286. The topological polar surface area (TPSA) is 157 Å². The lowest BCUT2D eigenvalue weighted by atomic mass is 10.1. The van der Waals surface area contributed by atoms with Crippen LogP contribution >= 0.6 is 0 Å². The molecule has 67 heavy (non-hydrogen) atoms. The molecule has 0 saturated carbocycles. The van der Waals surface area contributed by atoms with E-state index in [1.165, 1.54) is 15.3 Å². The maximum absolute atomic E-state index is 12.3. The summed E-state index contributed by atoms with van der Waals surface area (Å²) in [5.41, 5.74) is 0.879. The monoisotopic (exact) mass is 957 g/mol. The van der Waals surface area contributed by atoms with Gasteiger partial charge in [0.2, 0.25) is 0 Å². The Morgan fingerprint density at radius 3 is 0.851 bits per heavy atom. The SMILES string of the molecule is CC(C)(C)[Si](OCCOCCOCCOCCOCCOCCOCCOCCOCCOCCOCCOCCOCCN1C(=O)c2ccccc2C1=O)(c1ccccc1)c1ccccc1. The van der Waals surface area contributed by atoms with Crippen molar-refractivity contribution in [1.82, 2.24) is 4.90 Å². The number of hydrogen-bond acceptors (Lipinski definition) is 15. The Morgan fingerprint density at radius 1 is 0.343 bits per heavy atom. The molecule has 4 rings (SSSR count). The van der Waals surface area contributed by atoms with Gasteiger partial charge in [0.05, 0.1) is 183 Å². The van der Waals surface area contributed by atoms with Gasteiger partial charge in [-0.05, 0) is 27.5 Å². The van der Waals surface area contributed by atoms with Crippen LogP contribution in [0, 0.1) is 0 Å². The summed E-state index contributed by atoms with van der Waals surface area (Å²) < 4.78 is 73.7. The minimum atomic E-state index is -2.55. The molecule has 2 amide bonds. The number of carbonyl (C=O) groups excluding carboxylic acids is 2. The van der Waals surface area contributed by atoms with E-state index in [-0.39, 0.29) is 30.0 Å². The van der Waals surface area contributed by atoms with Crippen molar-refractivity contribution in [1.29, 1.82) is 0 Å². The van der Waals surface area contributed by atoms with Gasteiger partial charge in [0.25, 0.3) is 20.1 Å². The standard InChI is InChI=1S/C50H75NO15Si/c1-50(2,3)67(44-12-6-4-7-13-44,45-14-8-5-9-15-45)66-43-42-65-41-40-64-39-38-63-37-36-62-35-34-61-33-32-60-31-30-59-29-28-58-27-26-57-25-24-56-23-22-55-21-20-54-19-18-51-48(52)46-16-10-11-17-47(46)49(51)53/h4-17H,18-43H2,1-3H3. The van der Waals surface area contributed by atoms with E-state index in [9.17, 15) is 9.59 Å². The minimum absolute atomic E-state index is 0.0659. The van der Waals surface area contributed by atoms with E-state index in [0.29, 0.717) is 170 Å². The third-order valence-corrected chi connectivity index (χ3v) is 15.4. The quantitative estimate of drug-likeness (QED) is 0.0455. The van der Waals surface area contributed by atoms with Gasteiger partial charge in [0.1, 0.15) is 0 Å². The molecule has 1 aliphatic rings. The van der Waals surface area contributed by atoms with E-state index < -0.39 is 8.32 Å². The van der Waals surface area contributed by atoms with Crippen LogP contribution in [0.15, 0.2) is 84.9 Å². The molecular weight excluding hydrogens is 883 g/mol. The zero-order chi connectivity index (χ0) is 47.5. The van der Waals surface area contributed by atoms with Crippen LogP contribution in [-0.4, -0.2) is 197 Å². The molecule has 16 nitrogen and oxygen atoms in total.